The zero-order chi connectivity index (χ0) is 15.6. The van der Waals surface area contributed by atoms with Crippen LogP contribution >= 0.6 is 11.6 Å². The minimum Gasteiger partial charge on any atom is -0.396 e. The van der Waals surface area contributed by atoms with Gasteiger partial charge in [0.15, 0.2) is 0 Å². The van der Waals surface area contributed by atoms with E-state index in [-0.39, 0.29) is 30.2 Å². The van der Waals surface area contributed by atoms with Crippen molar-refractivity contribution in [3.05, 3.63) is 34.6 Å². The van der Waals surface area contributed by atoms with Crippen LogP contribution in [-0.4, -0.2) is 54.6 Å². The van der Waals surface area contributed by atoms with Crippen molar-refractivity contribution in [1.82, 2.24) is 9.80 Å². The number of rotatable bonds is 4. The number of halogens is 2. The number of carbonyl (C=O) groups is 1. The molecule has 2 rings (SSSR count). The van der Waals surface area contributed by atoms with Crippen LogP contribution in [0.15, 0.2) is 18.2 Å². The number of nitrogens with zero attached hydrogens (tertiary/aromatic N) is 2. The third-order valence-electron chi connectivity index (χ3n) is 3.95. The molecule has 6 heteroatoms. The average Bonchev–Trinajstić information content (AvgIpc) is 2.85. The SMILES string of the molecule is CN(C)C(=O)[C@@H]1CN(Cc2c(F)cccc2Cl)C[C@H]1CO. The minimum absolute atomic E-state index is 0.00354. The van der Waals surface area contributed by atoms with Gasteiger partial charge in [-0.3, -0.25) is 9.69 Å². The standard InChI is InChI=1S/C15H20ClFN2O2/c1-18(2)15(21)11-7-19(6-10(11)9-20)8-12-13(16)4-3-5-14(12)17/h3-5,10-11,20H,6-9H2,1-2H3/t10-,11+/m0/s1. The Labute approximate surface area is 129 Å². The zero-order valence-corrected chi connectivity index (χ0v) is 13.0. The van der Waals surface area contributed by atoms with Gasteiger partial charge in [-0.1, -0.05) is 17.7 Å². The van der Waals surface area contributed by atoms with E-state index < -0.39 is 0 Å². The highest BCUT2D eigenvalue weighted by molar-refractivity contribution is 6.31. The van der Waals surface area contributed by atoms with Gasteiger partial charge < -0.3 is 10.0 Å². The van der Waals surface area contributed by atoms with Crippen LogP contribution < -0.4 is 0 Å². The summed E-state index contributed by atoms with van der Waals surface area (Å²) < 4.78 is 13.8. The molecule has 21 heavy (non-hydrogen) atoms. The van der Waals surface area contributed by atoms with Crippen molar-refractivity contribution in [2.75, 3.05) is 33.8 Å². The highest BCUT2D eigenvalue weighted by Crippen LogP contribution is 2.28. The van der Waals surface area contributed by atoms with Gasteiger partial charge in [-0.05, 0) is 12.1 Å². The monoisotopic (exact) mass is 314 g/mol. The summed E-state index contributed by atoms with van der Waals surface area (Å²) in [5.41, 5.74) is 0.439. The fourth-order valence-electron chi connectivity index (χ4n) is 2.79. The van der Waals surface area contributed by atoms with Crippen LogP contribution in [0.5, 0.6) is 0 Å². The van der Waals surface area contributed by atoms with Crippen molar-refractivity contribution in [1.29, 1.82) is 0 Å². The van der Waals surface area contributed by atoms with Crippen molar-refractivity contribution in [2.45, 2.75) is 6.54 Å². The molecule has 0 unspecified atom stereocenters. The van der Waals surface area contributed by atoms with Crippen molar-refractivity contribution in [2.24, 2.45) is 11.8 Å². The lowest BCUT2D eigenvalue weighted by atomic mass is 9.96. The number of aliphatic hydroxyl groups is 1. The Morgan fingerprint density at radius 3 is 2.76 bits per heavy atom. The van der Waals surface area contributed by atoms with Gasteiger partial charge in [0.05, 0.1) is 5.92 Å². The van der Waals surface area contributed by atoms with Crippen LogP contribution in [-0.2, 0) is 11.3 Å². The maximum absolute atomic E-state index is 13.8. The summed E-state index contributed by atoms with van der Waals surface area (Å²) in [4.78, 5) is 15.6. The van der Waals surface area contributed by atoms with Crippen LogP contribution in [0.1, 0.15) is 5.56 Å². The van der Waals surface area contributed by atoms with Crippen LogP contribution in [0, 0.1) is 17.7 Å². The predicted molar refractivity (Wildman–Crippen MR) is 79.4 cm³/mol. The van der Waals surface area contributed by atoms with Gasteiger partial charge in [-0.15, -0.1) is 0 Å². The molecule has 1 aromatic rings. The molecule has 1 fully saturated rings. The Kier molecular flexibility index (Phi) is 5.19. The van der Waals surface area contributed by atoms with Gasteiger partial charge in [0.25, 0.3) is 0 Å². The van der Waals surface area contributed by atoms with E-state index >= 15 is 0 Å². The number of amides is 1. The second kappa shape index (κ2) is 6.73. The summed E-state index contributed by atoms with van der Waals surface area (Å²) >= 11 is 6.04. The number of aliphatic hydroxyl groups excluding tert-OH is 1. The average molecular weight is 315 g/mol. The first-order valence-corrected chi connectivity index (χ1v) is 7.29. The number of carbonyl (C=O) groups excluding carboxylic acids is 1. The molecule has 4 nitrogen and oxygen atoms in total. The van der Waals surface area contributed by atoms with E-state index in [1.807, 2.05) is 4.90 Å². The molecule has 1 aromatic carbocycles. The first-order valence-electron chi connectivity index (χ1n) is 6.91. The normalized spacial score (nSPS) is 22.5. The molecule has 2 atom stereocenters. The second-order valence-electron chi connectivity index (χ2n) is 5.68. The number of likely N-dealkylation sites (tertiary alicyclic amines) is 1. The molecule has 1 heterocycles. The molecule has 1 aliphatic rings. The Balaban J connectivity index is 2.11. The first kappa shape index (κ1) is 16.2. The van der Waals surface area contributed by atoms with E-state index in [0.717, 1.165) is 0 Å². The molecular formula is C15H20ClFN2O2. The van der Waals surface area contributed by atoms with E-state index in [2.05, 4.69) is 0 Å². The molecule has 1 N–H and O–H groups in total. The summed E-state index contributed by atoms with van der Waals surface area (Å²) in [5.74, 6) is -0.720. The van der Waals surface area contributed by atoms with Crippen molar-refractivity contribution < 1.29 is 14.3 Å². The van der Waals surface area contributed by atoms with Crippen molar-refractivity contribution in [3.63, 3.8) is 0 Å². The van der Waals surface area contributed by atoms with Gasteiger partial charge in [0.2, 0.25) is 5.91 Å². The maximum atomic E-state index is 13.8. The number of hydrogen-bond donors (Lipinski definition) is 1. The molecular weight excluding hydrogens is 295 g/mol. The molecule has 0 aliphatic carbocycles. The molecule has 116 valence electrons. The molecule has 0 bridgehead atoms. The molecule has 0 aromatic heterocycles. The van der Waals surface area contributed by atoms with Gasteiger partial charge >= 0.3 is 0 Å². The summed E-state index contributed by atoms with van der Waals surface area (Å²) in [7, 11) is 3.40. The molecule has 0 radical (unpaired) electrons. The zero-order valence-electron chi connectivity index (χ0n) is 12.2. The third-order valence-corrected chi connectivity index (χ3v) is 4.31. The topological polar surface area (TPSA) is 43.8 Å². The Bertz CT molecular complexity index is 504. The van der Waals surface area contributed by atoms with Crippen LogP contribution in [0.2, 0.25) is 5.02 Å². The summed E-state index contributed by atoms with van der Waals surface area (Å²) in [6.45, 7) is 1.36. The van der Waals surface area contributed by atoms with Gasteiger partial charge in [0, 0.05) is 56.8 Å². The van der Waals surface area contributed by atoms with Gasteiger partial charge in [-0.2, -0.15) is 0 Å². The smallest absolute Gasteiger partial charge is 0.226 e. The molecule has 1 aliphatic heterocycles. The summed E-state index contributed by atoms with van der Waals surface area (Å²) in [5, 5.41) is 9.85. The van der Waals surface area contributed by atoms with E-state index in [9.17, 15) is 14.3 Å². The second-order valence-corrected chi connectivity index (χ2v) is 6.08. The minimum atomic E-state index is -0.342. The largest absolute Gasteiger partial charge is 0.396 e. The lowest BCUT2D eigenvalue weighted by molar-refractivity contribution is -0.134. The predicted octanol–water partition coefficient (Wildman–Crippen LogP) is 1.61. The fourth-order valence-corrected chi connectivity index (χ4v) is 3.02. The van der Waals surface area contributed by atoms with Crippen LogP contribution in [0.25, 0.3) is 0 Å². The number of hydrogen-bond acceptors (Lipinski definition) is 3. The molecule has 0 spiro atoms. The fraction of sp³-hybridized carbons (Fsp3) is 0.533. The Morgan fingerprint density at radius 1 is 1.48 bits per heavy atom. The first-order chi connectivity index (χ1) is 9.93. The lowest BCUT2D eigenvalue weighted by Crippen LogP contribution is -2.35. The quantitative estimate of drug-likeness (QED) is 0.918. The maximum Gasteiger partial charge on any atom is 0.226 e. The highest BCUT2D eigenvalue weighted by Gasteiger charge is 2.38. The lowest BCUT2D eigenvalue weighted by Gasteiger charge is -2.20. The highest BCUT2D eigenvalue weighted by atomic mass is 35.5. The third kappa shape index (κ3) is 3.54. The van der Waals surface area contributed by atoms with Crippen LogP contribution in [0.3, 0.4) is 0 Å². The van der Waals surface area contributed by atoms with E-state index in [4.69, 9.17) is 11.6 Å². The summed E-state index contributed by atoms with van der Waals surface area (Å²) in [6, 6.07) is 4.60. The number of benzene rings is 1. The Morgan fingerprint density at radius 2 is 2.19 bits per heavy atom. The van der Waals surface area contributed by atoms with Crippen molar-refractivity contribution >= 4 is 17.5 Å². The molecule has 0 saturated carbocycles. The van der Waals surface area contributed by atoms with Gasteiger partial charge in [-0.25, -0.2) is 4.39 Å². The van der Waals surface area contributed by atoms with Gasteiger partial charge in [0.1, 0.15) is 5.82 Å². The van der Waals surface area contributed by atoms with E-state index in [1.165, 1.54) is 11.0 Å². The Hall–Kier alpha value is -1.17. The molecule has 1 amide bonds. The summed E-state index contributed by atoms with van der Waals surface area (Å²) in [6.07, 6.45) is 0. The molecule has 1 saturated heterocycles. The van der Waals surface area contributed by atoms with E-state index in [0.29, 0.717) is 30.2 Å². The van der Waals surface area contributed by atoms with E-state index in [1.54, 1.807) is 26.2 Å². The van der Waals surface area contributed by atoms with Crippen molar-refractivity contribution in [3.8, 4) is 0 Å². The van der Waals surface area contributed by atoms with Crippen LogP contribution in [0.4, 0.5) is 4.39 Å².